The molecular formula is C14H15N5. The molecule has 0 aromatic carbocycles. The third kappa shape index (κ3) is 2.27. The maximum Gasteiger partial charge on any atom is 0.137 e. The topological polar surface area (TPSA) is 48.5 Å². The second-order valence-corrected chi connectivity index (χ2v) is 4.54. The van der Waals surface area contributed by atoms with E-state index in [1.807, 2.05) is 36.3 Å². The number of pyridine rings is 1. The van der Waals surface area contributed by atoms with Gasteiger partial charge in [-0.05, 0) is 25.5 Å². The Morgan fingerprint density at radius 2 is 2.00 bits per heavy atom. The lowest BCUT2D eigenvalue weighted by Gasteiger charge is -2.06. The van der Waals surface area contributed by atoms with E-state index in [2.05, 4.69) is 32.5 Å². The van der Waals surface area contributed by atoms with Gasteiger partial charge in [0, 0.05) is 24.3 Å². The average Bonchev–Trinajstić information content (AvgIpc) is 3.06. The summed E-state index contributed by atoms with van der Waals surface area (Å²) < 4.78 is 4.01. The molecule has 0 aliphatic heterocycles. The summed E-state index contributed by atoms with van der Waals surface area (Å²) in [5.41, 5.74) is 3.42. The summed E-state index contributed by atoms with van der Waals surface area (Å²) in [7, 11) is 0. The third-order valence-electron chi connectivity index (χ3n) is 3.28. The van der Waals surface area contributed by atoms with Gasteiger partial charge in [-0.1, -0.05) is 6.07 Å². The quantitative estimate of drug-likeness (QED) is 0.718. The molecule has 0 spiro atoms. The van der Waals surface area contributed by atoms with Crippen LogP contribution in [0, 0.1) is 13.8 Å². The van der Waals surface area contributed by atoms with Crippen molar-refractivity contribution in [2.75, 3.05) is 0 Å². The maximum absolute atomic E-state index is 4.44. The molecule has 0 atom stereocenters. The first-order valence-corrected chi connectivity index (χ1v) is 6.15. The van der Waals surface area contributed by atoms with Crippen LogP contribution in [0.5, 0.6) is 0 Å². The van der Waals surface area contributed by atoms with Crippen LogP contribution in [-0.2, 0) is 6.54 Å². The Hall–Kier alpha value is -2.43. The van der Waals surface area contributed by atoms with Gasteiger partial charge in [0.25, 0.3) is 0 Å². The van der Waals surface area contributed by atoms with Crippen molar-refractivity contribution in [1.29, 1.82) is 0 Å². The van der Waals surface area contributed by atoms with Gasteiger partial charge < -0.3 is 4.57 Å². The van der Waals surface area contributed by atoms with E-state index in [1.165, 1.54) is 5.69 Å². The van der Waals surface area contributed by atoms with Crippen LogP contribution in [0.1, 0.15) is 17.0 Å². The lowest BCUT2D eigenvalue weighted by Crippen LogP contribution is -2.02. The Labute approximate surface area is 111 Å². The number of aryl methyl sites for hydroxylation is 1. The first-order chi connectivity index (χ1) is 9.24. The van der Waals surface area contributed by atoms with Gasteiger partial charge in [0.15, 0.2) is 0 Å². The largest absolute Gasteiger partial charge is 0.330 e. The normalized spacial score (nSPS) is 10.8. The number of nitrogens with zero attached hydrogens (tertiary/aromatic N) is 5. The zero-order valence-electron chi connectivity index (χ0n) is 11.0. The number of rotatable bonds is 3. The molecule has 0 aliphatic rings. The van der Waals surface area contributed by atoms with E-state index in [4.69, 9.17) is 0 Å². The first-order valence-electron chi connectivity index (χ1n) is 6.15. The molecule has 0 N–H and O–H groups in total. The lowest BCUT2D eigenvalue weighted by atomic mass is 10.2. The zero-order chi connectivity index (χ0) is 13.2. The van der Waals surface area contributed by atoms with Crippen LogP contribution in [-0.4, -0.2) is 24.1 Å². The molecule has 0 radical (unpaired) electrons. The van der Waals surface area contributed by atoms with Crippen molar-refractivity contribution in [2.24, 2.45) is 0 Å². The Kier molecular flexibility index (Phi) is 2.87. The molecule has 0 bridgehead atoms. The highest BCUT2D eigenvalue weighted by Crippen LogP contribution is 2.10. The smallest absolute Gasteiger partial charge is 0.137 e. The molecule has 5 heteroatoms. The van der Waals surface area contributed by atoms with E-state index >= 15 is 0 Å². The minimum Gasteiger partial charge on any atom is -0.330 e. The third-order valence-corrected chi connectivity index (χ3v) is 3.28. The summed E-state index contributed by atoms with van der Waals surface area (Å²) in [5, 5.41) is 0. The molecule has 3 rings (SSSR count). The van der Waals surface area contributed by atoms with Crippen molar-refractivity contribution in [3.63, 3.8) is 0 Å². The fourth-order valence-corrected chi connectivity index (χ4v) is 1.96. The number of hydrogen-bond donors (Lipinski definition) is 0. The fourth-order valence-electron chi connectivity index (χ4n) is 1.96. The van der Waals surface area contributed by atoms with Crippen molar-refractivity contribution in [3.05, 3.63) is 60.3 Å². The highest BCUT2D eigenvalue weighted by molar-refractivity contribution is 5.26. The van der Waals surface area contributed by atoms with E-state index < -0.39 is 0 Å². The fraction of sp³-hybridized carbons (Fsp3) is 0.214. The predicted molar refractivity (Wildman–Crippen MR) is 72.2 cm³/mol. The average molecular weight is 253 g/mol. The highest BCUT2D eigenvalue weighted by Gasteiger charge is 2.03. The molecule has 96 valence electrons. The van der Waals surface area contributed by atoms with Gasteiger partial charge in [-0.15, -0.1) is 0 Å². The molecule has 0 unspecified atom stereocenters. The second kappa shape index (κ2) is 4.68. The monoisotopic (exact) mass is 253 g/mol. The first kappa shape index (κ1) is 11.6. The Balaban J connectivity index is 1.82. The Morgan fingerprint density at radius 3 is 2.58 bits per heavy atom. The summed E-state index contributed by atoms with van der Waals surface area (Å²) in [5.74, 6) is 0.875. The van der Waals surface area contributed by atoms with Crippen molar-refractivity contribution in [3.8, 4) is 5.82 Å². The Bertz CT molecular complexity index is 664. The van der Waals surface area contributed by atoms with E-state index in [1.54, 1.807) is 12.5 Å². The maximum atomic E-state index is 4.44. The summed E-state index contributed by atoms with van der Waals surface area (Å²) in [4.78, 5) is 12.8. The predicted octanol–water partition coefficient (Wildman–Crippen LogP) is 2.13. The van der Waals surface area contributed by atoms with Gasteiger partial charge >= 0.3 is 0 Å². The number of aromatic nitrogens is 5. The van der Waals surface area contributed by atoms with Gasteiger partial charge in [-0.3, -0.25) is 4.57 Å². The van der Waals surface area contributed by atoms with E-state index in [0.29, 0.717) is 0 Å². The van der Waals surface area contributed by atoms with Crippen molar-refractivity contribution < 1.29 is 0 Å². The van der Waals surface area contributed by atoms with Crippen LogP contribution in [0.2, 0.25) is 0 Å². The molecule has 0 amide bonds. The summed E-state index contributed by atoms with van der Waals surface area (Å²) in [6, 6.07) is 4.08. The van der Waals surface area contributed by atoms with Crippen LogP contribution in [0.3, 0.4) is 0 Å². The Morgan fingerprint density at radius 1 is 1.11 bits per heavy atom. The standard InChI is InChI=1S/C14H15N5/c1-11-12(2)19(10-17-11)8-13-3-4-14(16-7-13)18-6-5-15-9-18/h3-7,9-10H,8H2,1-2H3. The molecule has 19 heavy (non-hydrogen) atoms. The van der Waals surface area contributed by atoms with Gasteiger partial charge in [0.2, 0.25) is 0 Å². The van der Waals surface area contributed by atoms with E-state index in [9.17, 15) is 0 Å². The van der Waals surface area contributed by atoms with Gasteiger partial charge in [-0.2, -0.15) is 0 Å². The SMILES string of the molecule is Cc1ncn(Cc2ccc(-n3ccnc3)nc2)c1C. The van der Waals surface area contributed by atoms with Crippen LogP contribution < -0.4 is 0 Å². The molecule has 0 aliphatic carbocycles. The lowest BCUT2D eigenvalue weighted by molar-refractivity contribution is 0.764. The van der Waals surface area contributed by atoms with E-state index in [-0.39, 0.29) is 0 Å². The summed E-state index contributed by atoms with van der Waals surface area (Å²) in [6.07, 6.45) is 9.13. The van der Waals surface area contributed by atoms with Crippen LogP contribution in [0.4, 0.5) is 0 Å². The number of hydrogen-bond acceptors (Lipinski definition) is 3. The number of imidazole rings is 2. The van der Waals surface area contributed by atoms with Crippen molar-refractivity contribution >= 4 is 0 Å². The molecule has 3 aromatic rings. The van der Waals surface area contributed by atoms with E-state index in [0.717, 1.165) is 23.6 Å². The minimum absolute atomic E-state index is 0.796. The van der Waals surface area contributed by atoms with Crippen LogP contribution in [0.25, 0.3) is 5.82 Å². The second-order valence-electron chi connectivity index (χ2n) is 4.54. The summed E-state index contributed by atoms with van der Waals surface area (Å²) >= 11 is 0. The van der Waals surface area contributed by atoms with Crippen molar-refractivity contribution in [1.82, 2.24) is 24.1 Å². The summed E-state index contributed by atoms with van der Waals surface area (Å²) in [6.45, 7) is 4.89. The molecule has 3 aromatic heterocycles. The van der Waals surface area contributed by atoms with Gasteiger partial charge in [-0.25, -0.2) is 15.0 Å². The van der Waals surface area contributed by atoms with Gasteiger partial charge in [0.05, 0.1) is 18.6 Å². The molecular weight excluding hydrogens is 238 g/mol. The zero-order valence-corrected chi connectivity index (χ0v) is 11.0. The highest BCUT2D eigenvalue weighted by atomic mass is 15.1. The van der Waals surface area contributed by atoms with Crippen LogP contribution in [0.15, 0.2) is 43.4 Å². The molecule has 0 fully saturated rings. The van der Waals surface area contributed by atoms with Crippen LogP contribution >= 0.6 is 0 Å². The van der Waals surface area contributed by atoms with Crippen molar-refractivity contribution in [2.45, 2.75) is 20.4 Å². The molecule has 0 saturated heterocycles. The minimum atomic E-state index is 0.796. The van der Waals surface area contributed by atoms with Gasteiger partial charge in [0.1, 0.15) is 12.1 Å². The molecule has 3 heterocycles. The molecule has 5 nitrogen and oxygen atoms in total. The molecule has 0 saturated carbocycles.